The van der Waals surface area contributed by atoms with Crippen LogP contribution in [0.2, 0.25) is 5.02 Å². The predicted molar refractivity (Wildman–Crippen MR) is 106 cm³/mol. The average molecular weight is 402 g/mol. The fourth-order valence-electron chi connectivity index (χ4n) is 2.82. The van der Waals surface area contributed by atoms with Gasteiger partial charge < -0.3 is 14.1 Å². The van der Waals surface area contributed by atoms with Gasteiger partial charge in [0.1, 0.15) is 17.3 Å². The van der Waals surface area contributed by atoms with E-state index in [0.717, 1.165) is 6.42 Å². The molecule has 0 saturated carbocycles. The quantitative estimate of drug-likeness (QED) is 0.486. The second kappa shape index (κ2) is 9.42. The van der Waals surface area contributed by atoms with Gasteiger partial charge in [-0.3, -0.25) is 4.79 Å². The van der Waals surface area contributed by atoms with Crippen LogP contribution in [0.3, 0.4) is 0 Å². The van der Waals surface area contributed by atoms with Gasteiger partial charge in [0, 0.05) is 10.6 Å². The number of furan rings is 1. The van der Waals surface area contributed by atoms with E-state index in [1.807, 2.05) is 13.0 Å². The van der Waals surface area contributed by atoms with Crippen LogP contribution in [0.5, 0.6) is 5.75 Å². The lowest BCUT2D eigenvalue weighted by atomic mass is 10.1. The van der Waals surface area contributed by atoms with E-state index in [0.29, 0.717) is 23.7 Å². The van der Waals surface area contributed by atoms with Crippen molar-refractivity contribution in [3.63, 3.8) is 0 Å². The number of carbonyl (C=O) groups is 1. The highest BCUT2D eigenvalue weighted by atomic mass is 35.5. The molecular weight excluding hydrogens is 381 g/mol. The highest BCUT2D eigenvalue weighted by Crippen LogP contribution is 2.26. The summed E-state index contributed by atoms with van der Waals surface area (Å²) < 4.78 is 25.4. The molecule has 28 heavy (non-hydrogen) atoms. The number of ether oxygens (including phenoxy) is 1. The summed E-state index contributed by atoms with van der Waals surface area (Å²) in [5.41, 5.74) is 0.672. The summed E-state index contributed by atoms with van der Waals surface area (Å²) in [5.74, 6) is 0.342. The molecule has 0 spiro atoms. The SMILES string of the molecule is CCCOc1ccccc1C(=O)N(Cc1ccco1)Cc1c(F)cccc1Cl. The number of hydrogen-bond donors (Lipinski definition) is 0. The smallest absolute Gasteiger partial charge is 0.258 e. The van der Waals surface area contributed by atoms with Crippen molar-refractivity contribution in [1.82, 2.24) is 4.90 Å². The molecular formula is C22H21ClFNO3. The number of para-hydroxylation sites is 1. The Labute approximate surface area is 168 Å². The number of benzene rings is 2. The molecule has 0 aliphatic carbocycles. The Balaban J connectivity index is 1.94. The number of carbonyl (C=O) groups excluding carboxylic acids is 1. The highest BCUT2D eigenvalue weighted by Gasteiger charge is 2.23. The lowest BCUT2D eigenvalue weighted by Gasteiger charge is -2.24. The number of amides is 1. The molecule has 4 nitrogen and oxygen atoms in total. The minimum absolute atomic E-state index is 0.00710. The lowest BCUT2D eigenvalue weighted by Crippen LogP contribution is -2.31. The van der Waals surface area contributed by atoms with Crippen LogP contribution >= 0.6 is 11.6 Å². The van der Waals surface area contributed by atoms with Crippen LogP contribution in [0.15, 0.2) is 65.3 Å². The molecule has 0 aliphatic heterocycles. The van der Waals surface area contributed by atoms with E-state index in [1.165, 1.54) is 23.3 Å². The average Bonchev–Trinajstić information content (AvgIpc) is 3.21. The number of rotatable bonds is 8. The number of hydrogen-bond acceptors (Lipinski definition) is 3. The minimum atomic E-state index is -0.458. The first kappa shape index (κ1) is 20.0. The topological polar surface area (TPSA) is 42.7 Å². The van der Waals surface area contributed by atoms with Gasteiger partial charge in [-0.15, -0.1) is 0 Å². The molecule has 1 heterocycles. The zero-order valence-corrected chi connectivity index (χ0v) is 16.3. The molecule has 3 rings (SSSR count). The molecule has 2 aromatic carbocycles. The Bertz CT molecular complexity index is 907. The van der Waals surface area contributed by atoms with Crippen LogP contribution < -0.4 is 4.74 Å². The van der Waals surface area contributed by atoms with Crippen molar-refractivity contribution >= 4 is 17.5 Å². The van der Waals surface area contributed by atoms with Crippen molar-refractivity contribution in [1.29, 1.82) is 0 Å². The van der Waals surface area contributed by atoms with Crippen LogP contribution in [0, 0.1) is 5.82 Å². The van der Waals surface area contributed by atoms with Crippen LogP contribution in [0.25, 0.3) is 0 Å². The van der Waals surface area contributed by atoms with Crippen LogP contribution in [0.4, 0.5) is 4.39 Å². The van der Waals surface area contributed by atoms with Crippen LogP contribution in [-0.4, -0.2) is 17.4 Å². The summed E-state index contributed by atoms with van der Waals surface area (Å²) in [6.45, 7) is 2.68. The van der Waals surface area contributed by atoms with Crippen molar-refractivity contribution in [2.45, 2.75) is 26.4 Å². The van der Waals surface area contributed by atoms with Gasteiger partial charge in [-0.25, -0.2) is 4.39 Å². The van der Waals surface area contributed by atoms with Gasteiger partial charge >= 0.3 is 0 Å². The second-order valence-corrected chi connectivity index (χ2v) is 6.69. The van der Waals surface area contributed by atoms with Gasteiger partial charge in [0.15, 0.2) is 0 Å². The molecule has 1 aromatic heterocycles. The van der Waals surface area contributed by atoms with Gasteiger partial charge in [-0.2, -0.15) is 0 Å². The summed E-state index contributed by atoms with van der Waals surface area (Å²) in [7, 11) is 0. The number of nitrogens with zero attached hydrogens (tertiary/aromatic N) is 1. The number of halogens is 2. The van der Waals surface area contributed by atoms with Crippen molar-refractivity contribution in [3.05, 3.63) is 88.6 Å². The summed E-state index contributed by atoms with van der Waals surface area (Å²) >= 11 is 6.18. The second-order valence-electron chi connectivity index (χ2n) is 6.29. The summed E-state index contributed by atoms with van der Waals surface area (Å²) in [6, 6.07) is 15.0. The fourth-order valence-corrected chi connectivity index (χ4v) is 3.04. The van der Waals surface area contributed by atoms with Crippen LogP contribution in [-0.2, 0) is 13.1 Å². The van der Waals surface area contributed by atoms with Crippen molar-refractivity contribution < 1.29 is 18.3 Å². The predicted octanol–water partition coefficient (Wildman–Crippen LogP) is 5.70. The molecule has 0 N–H and O–H groups in total. The molecule has 6 heteroatoms. The summed E-state index contributed by atoms with van der Waals surface area (Å²) in [5, 5.41) is 0.271. The maximum absolute atomic E-state index is 14.3. The zero-order valence-electron chi connectivity index (χ0n) is 15.5. The third kappa shape index (κ3) is 4.73. The Morgan fingerprint density at radius 2 is 1.93 bits per heavy atom. The maximum Gasteiger partial charge on any atom is 0.258 e. The Morgan fingerprint density at radius 1 is 1.11 bits per heavy atom. The fraction of sp³-hybridized carbons (Fsp3) is 0.227. The normalized spacial score (nSPS) is 10.7. The first-order valence-corrected chi connectivity index (χ1v) is 9.44. The zero-order chi connectivity index (χ0) is 19.9. The molecule has 0 radical (unpaired) electrons. The van der Waals surface area contributed by atoms with Gasteiger partial charge in [0.2, 0.25) is 0 Å². The Morgan fingerprint density at radius 3 is 2.64 bits per heavy atom. The monoisotopic (exact) mass is 401 g/mol. The molecule has 146 valence electrons. The molecule has 0 fully saturated rings. The third-order valence-electron chi connectivity index (χ3n) is 4.20. The first-order valence-electron chi connectivity index (χ1n) is 9.06. The van der Waals surface area contributed by atoms with Crippen LogP contribution in [0.1, 0.15) is 35.0 Å². The van der Waals surface area contributed by atoms with E-state index >= 15 is 0 Å². The van der Waals surface area contributed by atoms with E-state index in [4.69, 9.17) is 20.8 Å². The lowest BCUT2D eigenvalue weighted by molar-refractivity contribution is 0.0711. The standard InChI is InChI=1S/C22H21ClFNO3/c1-2-12-28-21-11-4-3-8-17(21)22(26)25(14-16-7-6-13-27-16)15-18-19(23)9-5-10-20(18)24/h3-11,13H,2,12,14-15H2,1H3. The van der Waals surface area contributed by atoms with Gasteiger partial charge in [-0.1, -0.05) is 36.7 Å². The molecule has 3 aromatic rings. The Kier molecular flexibility index (Phi) is 6.71. The van der Waals surface area contributed by atoms with E-state index < -0.39 is 5.82 Å². The molecule has 1 amide bonds. The maximum atomic E-state index is 14.3. The third-order valence-corrected chi connectivity index (χ3v) is 4.56. The summed E-state index contributed by atoms with van der Waals surface area (Å²) in [4.78, 5) is 14.8. The van der Waals surface area contributed by atoms with Crippen molar-refractivity contribution in [2.75, 3.05) is 6.61 Å². The van der Waals surface area contributed by atoms with E-state index in [1.54, 1.807) is 36.4 Å². The molecule has 0 atom stereocenters. The van der Waals surface area contributed by atoms with E-state index in [2.05, 4.69) is 0 Å². The first-order chi connectivity index (χ1) is 13.6. The van der Waals surface area contributed by atoms with Gasteiger partial charge in [-0.05, 0) is 42.8 Å². The van der Waals surface area contributed by atoms with Gasteiger partial charge in [0.05, 0.1) is 31.5 Å². The highest BCUT2D eigenvalue weighted by molar-refractivity contribution is 6.31. The van der Waals surface area contributed by atoms with Gasteiger partial charge in [0.25, 0.3) is 5.91 Å². The van der Waals surface area contributed by atoms with E-state index in [9.17, 15) is 9.18 Å². The molecule has 0 unspecified atom stereocenters. The van der Waals surface area contributed by atoms with Crippen molar-refractivity contribution in [2.24, 2.45) is 0 Å². The summed E-state index contributed by atoms with van der Waals surface area (Å²) in [6.07, 6.45) is 2.36. The molecule has 0 bridgehead atoms. The van der Waals surface area contributed by atoms with Crippen molar-refractivity contribution in [3.8, 4) is 5.75 Å². The molecule has 0 saturated heterocycles. The Hall–Kier alpha value is -2.79. The largest absolute Gasteiger partial charge is 0.493 e. The van der Waals surface area contributed by atoms with E-state index in [-0.39, 0.29) is 29.6 Å². The minimum Gasteiger partial charge on any atom is -0.493 e. The molecule has 0 aliphatic rings.